The molecule has 6 nitrogen and oxygen atoms in total. The third-order valence-corrected chi connectivity index (χ3v) is 7.63. The molecular weight excluding hydrogens is 481 g/mol. The highest BCUT2D eigenvalue weighted by atomic mass is 19.4. The van der Waals surface area contributed by atoms with Gasteiger partial charge in [-0.2, -0.15) is 0 Å². The number of rotatable bonds is 6. The lowest BCUT2D eigenvalue weighted by atomic mass is 9.72. The van der Waals surface area contributed by atoms with Gasteiger partial charge in [-0.1, -0.05) is 12.1 Å². The van der Waals surface area contributed by atoms with Crippen molar-refractivity contribution in [2.24, 2.45) is 5.41 Å². The lowest BCUT2D eigenvalue weighted by Crippen LogP contribution is -2.72. The number of ether oxygens (including phenoxy) is 1. The first-order chi connectivity index (χ1) is 17.8. The largest absolute Gasteiger partial charge is 0.573 e. The van der Waals surface area contributed by atoms with Crippen LogP contribution in [0.3, 0.4) is 0 Å². The Morgan fingerprint density at radius 2 is 1.54 bits per heavy atom. The highest BCUT2D eigenvalue weighted by Crippen LogP contribution is 2.44. The molecule has 0 atom stereocenters. The summed E-state index contributed by atoms with van der Waals surface area (Å²) < 4.78 is 43.2. The van der Waals surface area contributed by atoms with Crippen molar-refractivity contribution in [3.63, 3.8) is 0 Å². The van der Waals surface area contributed by atoms with E-state index in [0.29, 0.717) is 6.54 Å². The Morgan fingerprint density at radius 1 is 0.919 bits per heavy atom. The normalized spacial score (nSPS) is 18.1. The van der Waals surface area contributed by atoms with Crippen LogP contribution in [-0.4, -0.2) is 43.0 Å². The SMILES string of the molecule is O=C(NCc1ccc(N2CC3(C2)CN(c2ccc(OC(F)(F)F)cc2)C3)cc1)c1cc2n(c1)CCCC2. The lowest BCUT2D eigenvalue weighted by molar-refractivity contribution is -0.274. The molecule has 0 bridgehead atoms. The summed E-state index contributed by atoms with van der Waals surface area (Å²) in [6.45, 7) is 5.16. The monoisotopic (exact) mass is 510 g/mol. The molecule has 2 saturated heterocycles. The average Bonchev–Trinajstić information content (AvgIpc) is 3.26. The van der Waals surface area contributed by atoms with Crippen LogP contribution in [0.4, 0.5) is 24.5 Å². The number of amides is 1. The van der Waals surface area contributed by atoms with Crippen molar-refractivity contribution in [3.05, 3.63) is 77.6 Å². The first-order valence-electron chi connectivity index (χ1n) is 12.7. The summed E-state index contributed by atoms with van der Waals surface area (Å²) in [6, 6.07) is 16.4. The van der Waals surface area contributed by atoms with E-state index < -0.39 is 6.36 Å². The quantitative estimate of drug-likeness (QED) is 0.508. The maximum absolute atomic E-state index is 12.6. The maximum Gasteiger partial charge on any atom is 0.573 e. The summed E-state index contributed by atoms with van der Waals surface area (Å²) in [5.41, 5.74) is 5.34. The number of benzene rings is 2. The molecule has 0 saturated carbocycles. The molecule has 1 amide bonds. The van der Waals surface area contributed by atoms with E-state index in [-0.39, 0.29) is 17.1 Å². The van der Waals surface area contributed by atoms with E-state index in [1.54, 1.807) is 12.1 Å². The number of aryl methyl sites for hydroxylation is 2. The second-order valence-electron chi connectivity index (χ2n) is 10.5. The first kappa shape index (κ1) is 23.8. The molecule has 0 unspecified atom stereocenters. The number of carbonyl (C=O) groups excluding carboxylic acids is 1. The van der Waals surface area contributed by atoms with Gasteiger partial charge in [0, 0.05) is 67.9 Å². The van der Waals surface area contributed by atoms with Gasteiger partial charge in [0.05, 0.1) is 5.56 Å². The Hall–Kier alpha value is -3.62. The summed E-state index contributed by atoms with van der Waals surface area (Å²) in [5.74, 6) is -0.235. The summed E-state index contributed by atoms with van der Waals surface area (Å²) in [6.07, 6.45) is 0.686. The fraction of sp³-hybridized carbons (Fsp3) is 0.393. The predicted octanol–water partition coefficient (Wildman–Crippen LogP) is 4.98. The Bertz CT molecular complexity index is 1250. The Labute approximate surface area is 213 Å². The number of alkyl halides is 3. The van der Waals surface area contributed by atoms with Gasteiger partial charge in [-0.15, -0.1) is 13.2 Å². The second kappa shape index (κ2) is 9.04. The second-order valence-corrected chi connectivity index (χ2v) is 10.5. The van der Waals surface area contributed by atoms with Crippen LogP contribution >= 0.6 is 0 Å². The standard InChI is InChI=1S/C28H29F3N4O2/c29-28(30,31)37-25-10-8-23(9-11-25)35-18-27(19-35)16-34(17-27)22-6-4-20(5-7-22)14-32-26(36)21-13-24-3-1-2-12-33(24)15-21/h4-11,13,15H,1-3,12,14,16-19H2,(H,32,36). The van der Waals surface area contributed by atoms with Gasteiger partial charge in [-0.05, 0) is 67.3 Å². The Balaban J connectivity index is 0.965. The van der Waals surface area contributed by atoms with Gasteiger partial charge < -0.3 is 24.4 Å². The van der Waals surface area contributed by atoms with Gasteiger partial charge in [0.2, 0.25) is 0 Å². The zero-order chi connectivity index (χ0) is 25.6. The minimum atomic E-state index is -4.67. The van der Waals surface area contributed by atoms with E-state index in [1.807, 2.05) is 12.3 Å². The van der Waals surface area contributed by atoms with Gasteiger partial charge in [0.15, 0.2) is 0 Å². The smallest absolute Gasteiger partial charge is 0.406 e. The summed E-state index contributed by atoms with van der Waals surface area (Å²) in [5, 5.41) is 3.03. The lowest BCUT2D eigenvalue weighted by Gasteiger charge is -2.61. The van der Waals surface area contributed by atoms with Crippen LogP contribution in [-0.2, 0) is 19.5 Å². The first-order valence-corrected chi connectivity index (χ1v) is 12.7. The van der Waals surface area contributed by atoms with Crippen LogP contribution in [0.25, 0.3) is 0 Å². The predicted molar refractivity (Wildman–Crippen MR) is 135 cm³/mol. The van der Waals surface area contributed by atoms with Crippen LogP contribution in [0.5, 0.6) is 5.75 Å². The van der Waals surface area contributed by atoms with Crippen LogP contribution in [0.1, 0.15) is 34.5 Å². The molecule has 0 radical (unpaired) electrons. The number of halogens is 3. The van der Waals surface area contributed by atoms with Crippen molar-refractivity contribution in [1.82, 2.24) is 9.88 Å². The molecule has 3 aliphatic heterocycles. The van der Waals surface area contributed by atoms with E-state index in [4.69, 9.17) is 0 Å². The maximum atomic E-state index is 12.6. The van der Waals surface area contributed by atoms with Crippen molar-refractivity contribution >= 4 is 17.3 Å². The number of nitrogens with one attached hydrogen (secondary N) is 1. The zero-order valence-corrected chi connectivity index (χ0v) is 20.4. The van der Waals surface area contributed by atoms with Gasteiger partial charge in [0.1, 0.15) is 5.75 Å². The highest BCUT2D eigenvalue weighted by molar-refractivity contribution is 5.94. The Morgan fingerprint density at radius 3 is 2.14 bits per heavy atom. The molecule has 6 rings (SSSR count). The summed E-state index contributed by atoms with van der Waals surface area (Å²) in [4.78, 5) is 17.1. The fourth-order valence-corrected chi connectivity index (χ4v) is 5.75. The van der Waals surface area contributed by atoms with Crippen molar-refractivity contribution in [2.75, 3.05) is 36.0 Å². The average molecular weight is 511 g/mol. The van der Waals surface area contributed by atoms with Crippen LogP contribution in [0, 0.1) is 5.41 Å². The molecule has 1 aromatic heterocycles. The molecule has 194 valence electrons. The minimum Gasteiger partial charge on any atom is -0.406 e. The number of fused-ring (bicyclic) bond motifs is 1. The van der Waals surface area contributed by atoms with Crippen molar-refractivity contribution in [2.45, 2.75) is 38.7 Å². The molecule has 2 aromatic carbocycles. The molecule has 1 spiro atoms. The van der Waals surface area contributed by atoms with Gasteiger partial charge >= 0.3 is 6.36 Å². The number of aromatic nitrogens is 1. The van der Waals surface area contributed by atoms with E-state index in [0.717, 1.165) is 61.6 Å². The molecule has 4 heterocycles. The van der Waals surface area contributed by atoms with Crippen LogP contribution in [0.2, 0.25) is 0 Å². The minimum absolute atomic E-state index is 0.0345. The molecule has 2 fully saturated rings. The molecule has 1 N–H and O–H groups in total. The molecule has 37 heavy (non-hydrogen) atoms. The van der Waals surface area contributed by atoms with Gasteiger partial charge in [0.25, 0.3) is 5.91 Å². The highest BCUT2D eigenvalue weighted by Gasteiger charge is 2.51. The van der Waals surface area contributed by atoms with Crippen LogP contribution < -0.4 is 19.9 Å². The van der Waals surface area contributed by atoms with Crippen LogP contribution in [0.15, 0.2) is 60.8 Å². The third kappa shape index (κ3) is 4.99. The molecule has 3 aromatic rings. The molecule has 9 heteroatoms. The number of hydrogen-bond acceptors (Lipinski definition) is 4. The van der Waals surface area contributed by atoms with Crippen molar-refractivity contribution < 1.29 is 22.7 Å². The van der Waals surface area contributed by atoms with E-state index >= 15 is 0 Å². The Kier molecular flexibility index (Phi) is 5.81. The third-order valence-electron chi connectivity index (χ3n) is 7.63. The zero-order valence-electron chi connectivity index (χ0n) is 20.4. The topological polar surface area (TPSA) is 49.7 Å². The fourth-order valence-electron chi connectivity index (χ4n) is 5.75. The summed E-state index contributed by atoms with van der Waals surface area (Å²) >= 11 is 0. The number of hydrogen-bond donors (Lipinski definition) is 1. The molecular formula is C28H29F3N4O2. The van der Waals surface area contributed by atoms with Gasteiger partial charge in [-0.25, -0.2) is 0 Å². The van der Waals surface area contributed by atoms with E-state index in [1.165, 1.54) is 30.7 Å². The van der Waals surface area contributed by atoms with E-state index in [9.17, 15) is 18.0 Å². The van der Waals surface area contributed by atoms with Gasteiger partial charge in [-0.3, -0.25) is 4.79 Å². The number of anilines is 2. The number of carbonyl (C=O) groups is 1. The van der Waals surface area contributed by atoms with Crippen molar-refractivity contribution in [3.8, 4) is 5.75 Å². The molecule has 0 aliphatic carbocycles. The number of nitrogens with zero attached hydrogens (tertiary/aromatic N) is 3. The van der Waals surface area contributed by atoms with E-state index in [2.05, 4.69) is 48.7 Å². The van der Waals surface area contributed by atoms with Crippen molar-refractivity contribution in [1.29, 1.82) is 0 Å². The molecule has 3 aliphatic rings. The summed E-state index contributed by atoms with van der Waals surface area (Å²) in [7, 11) is 0.